The first-order chi connectivity index (χ1) is 7.66. The summed E-state index contributed by atoms with van der Waals surface area (Å²) in [5, 5.41) is 0. The second-order valence-corrected chi connectivity index (χ2v) is 4.87. The van der Waals surface area contributed by atoms with Crippen molar-refractivity contribution in [3.8, 4) is 0 Å². The summed E-state index contributed by atoms with van der Waals surface area (Å²) in [7, 11) is 0. The van der Waals surface area contributed by atoms with Crippen LogP contribution in [0.1, 0.15) is 31.9 Å². The van der Waals surface area contributed by atoms with Gasteiger partial charge < -0.3 is 0 Å². The molecule has 0 aromatic heterocycles. The number of aryl methyl sites for hydroxylation is 1. The molecule has 84 valence electrons. The lowest BCUT2D eigenvalue weighted by Gasteiger charge is -2.34. The van der Waals surface area contributed by atoms with Gasteiger partial charge in [0.15, 0.2) is 0 Å². The van der Waals surface area contributed by atoms with Gasteiger partial charge in [-0.1, -0.05) is 69.3 Å². The second kappa shape index (κ2) is 4.29. The molecule has 0 heteroatoms. The summed E-state index contributed by atoms with van der Waals surface area (Å²) in [6.07, 6.45) is 10.0. The molecule has 0 radical (unpaired) electrons. The van der Waals surface area contributed by atoms with Crippen molar-refractivity contribution in [2.45, 2.75) is 32.6 Å². The molecule has 0 N–H and O–H groups in total. The first kappa shape index (κ1) is 11.2. The van der Waals surface area contributed by atoms with Gasteiger partial charge in [-0.15, -0.1) is 0 Å². The monoisotopic (exact) mass is 212 g/mol. The van der Waals surface area contributed by atoms with E-state index in [4.69, 9.17) is 0 Å². The van der Waals surface area contributed by atoms with Crippen LogP contribution in [0.5, 0.6) is 0 Å². The average molecular weight is 212 g/mol. The molecule has 0 bridgehead atoms. The molecular formula is C16H20. The molecule has 2 rings (SSSR count). The minimum Gasteiger partial charge on any atom is -0.0805 e. The SMILES string of the molecule is CCc1cccc(C2(C)C=CC=CC2C)c1. The van der Waals surface area contributed by atoms with Crippen LogP contribution in [0.2, 0.25) is 0 Å². The van der Waals surface area contributed by atoms with E-state index in [1.807, 2.05) is 0 Å². The summed E-state index contributed by atoms with van der Waals surface area (Å²) in [6, 6.07) is 8.98. The zero-order valence-electron chi connectivity index (χ0n) is 10.4. The molecule has 1 aliphatic carbocycles. The maximum Gasteiger partial charge on any atom is 0.0167 e. The highest BCUT2D eigenvalue weighted by atomic mass is 14.3. The summed E-state index contributed by atoms with van der Waals surface area (Å²) in [5.74, 6) is 0.560. The van der Waals surface area contributed by atoms with E-state index in [0.717, 1.165) is 6.42 Å². The number of hydrogen-bond donors (Lipinski definition) is 0. The fourth-order valence-corrected chi connectivity index (χ4v) is 2.32. The third kappa shape index (κ3) is 1.84. The van der Waals surface area contributed by atoms with Crippen molar-refractivity contribution in [2.75, 3.05) is 0 Å². The third-order valence-electron chi connectivity index (χ3n) is 3.86. The zero-order chi connectivity index (χ0) is 11.6. The standard InChI is InChI=1S/C16H20/c1-4-14-9-7-10-15(12-14)16(3)11-6-5-8-13(16)2/h5-13H,4H2,1-3H3. The Balaban J connectivity index is 2.42. The van der Waals surface area contributed by atoms with Crippen molar-refractivity contribution >= 4 is 0 Å². The summed E-state index contributed by atoms with van der Waals surface area (Å²) in [5.41, 5.74) is 3.01. The van der Waals surface area contributed by atoms with E-state index in [1.54, 1.807) is 0 Å². The predicted molar refractivity (Wildman–Crippen MR) is 70.6 cm³/mol. The highest BCUT2D eigenvalue weighted by molar-refractivity contribution is 5.38. The number of hydrogen-bond acceptors (Lipinski definition) is 0. The molecule has 16 heavy (non-hydrogen) atoms. The van der Waals surface area contributed by atoms with Gasteiger partial charge in [0.1, 0.15) is 0 Å². The molecule has 1 aliphatic rings. The van der Waals surface area contributed by atoms with Gasteiger partial charge in [-0.2, -0.15) is 0 Å². The minimum absolute atomic E-state index is 0.153. The number of benzene rings is 1. The van der Waals surface area contributed by atoms with Crippen LogP contribution in [-0.2, 0) is 11.8 Å². The van der Waals surface area contributed by atoms with E-state index in [2.05, 4.69) is 69.3 Å². The van der Waals surface area contributed by atoms with Gasteiger partial charge in [0.25, 0.3) is 0 Å². The smallest absolute Gasteiger partial charge is 0.0167 e. The van der Waals surface area contributed by atoms with E-state index in [-0.39, 0.29) is 5.41 Å². The molecule has 0 aliphatic heterocycles. The van der Waals surface area contributed by atoms with E-state index < -0.39 is 0 Å². The topological polar surface area (TPSA) is 0 Å². The van der Waals surface area contributed by atoms with Crippen LogP contribution in [0, 0.1) is 5.92 Å². The predicted octanol–water partition coefficient (Wildman–Crippen LogP) is 4.27. The quantitative estimate of drug-likeness (QED) is 0.687. The van der Waals surface area contributed by atoms with Crippen molar-refractivity contribution in [1.82, 2.24) is 0 Å². The van der Waals surface area contributed by atoms with Crippen LogP contribution < -0.4 is 0 Å². The van der Waals surface area contributed by atoms with Crippen LogP contribution in [0.25, 0.3) is 0 Å². The van der Waals surface area contributed by atoms with E-state index in [9.17, 15) is 0 Å². The molecule has 0 saturated carbocycles. The lowest BCUT2D eigenvalue weighted by molar-refractivity contribution is 0.457. The fraction of sp³-hybridized carbons (Fsp3) is 0.375. The Morgan fingerprint density at radius 1 is 1.25 bits per heavy atom. The molecule has 2 unspecified atom stereocenters. The van der Waals surface area contributed by atoms with Gasteiger partial charge >= 0.3 is 0 Å². The third-order valence-corrected chi connectivity index (χ3v) is 3.86. The molecule has 0 spiro atoms. The Bertz CT molecular complexity index is 425. The first-order valence-electron chi connectivity index (χ1n) is 6.12. The molecule has 0 saturated heterocycles. The van der Waals surface area contributed by atoms with Crippen LogP contribution in [0.4, 0.5) is 0 Å². The van der Waals surface area contributed by atoms with Gasteiger partial charge in [0.2, 0.25) is 0 Å². The summed E-state index contributed by atoms with van der Waals surface area (Å²) in [6.45, 7) is 6.83. The molecular weight excluding hydrogens is 192 g/mol. The minimum atomic E-state index is 0.153. The van der Waals surface area contributed by atoms with Gasteiger partial charge in [-0.25, -0.2) is 0 Å². The lowest BCUT2D eigenvalue weighted by Crippen LogP contribution is -2.28. The lowest BCUT2D eigenvalue weighted by atomic mass is 9.70. The Hall–Kier alpha value is -1.30. The fourth-order valence-electron chi connectivity index (χ4n) is 2.32. The molecule has 1 aromatic carbocycles. The molecule has 0 amide bonds. The summed E-state index contributed by atoms with van der Waals surface area (Å²) >= 11 is 0. The molecule has 0 heterocycles. The van der Waals surface area contributed by atoms with Crippen LogP contribution in [0.3, 0.4) is 0 Å². The maximum atomic E-state index is 2.35. The Kier molecular flexibility index (Phi) is 3.00. The highest BCUT2D eigenvalue weighted by Gasteiger charge is 2.30. The van der Waals surface area contributed by atoms with Gasteiger partial charge in [-0.05, 0) is 23.5 Å². The Labute approximate surface area is 98.7 Å². The van der Waals surface area contributed by atoms with E-state index in [1.165, 1.54) is 11.1 Å². The maximum absolute atomic E-state index is 2.35. The van der Waals surface area contributed by atoms with Crippen molar-refractivity contribution in [3.05, 3.63) is 59.7 Å². The molecule has 1 aromatic rings. The number of allylic oxidation sites excluding steroid dienone is 4. The van der Waals surface area contributed by atoms with Crippen LogP contribution in [-0.4, -0.2) is 0 Å². The summed E-state index contributed by atoms with van der Waals surface area (Å²) in [4.78, 5) is 0. The number of rotatable bonds is 2. The van der Waals surface area contributed by atoms with Crippen LogP contribution in [0.15, 0.2) is 48.6 Å². The van der Waals surface area contributed by atoms with Crippen molar-refractivity contribution in [2.24, 2.45) is 5.92 Å². The van der Waals surface area contributed by atoms with Crippen molar-refractivity contribution in [3.63, 3.8) is 0 Å². The largest absolute Gasteiger partial charge is 0.0805 e. The second-order valence-electron chi connectivity index (χ2n) is 4.87. The summed E-state index contributed by atoms with van der Waals surface area (Å²) < 4.78 is 0. The molecule has 2 atom stereocenters. The molecule has 0 fully saturated rings. The zero-order valence-corrected chi connectivity index (χ0v) is 10.4. The molecule has 0 nitrogen and oxygen atoms in total. The van der Waals surface area contributed by atoms with Gasteiger partial charge in [0.05, 0.1) is 0 Å². The average Bonchev–Trinajstić information content (AvgIpc) is 2.33. The highest BCUT2D eigenvalue weighted by Crippen LogP contribution is 2.36. The van der Waals surface area contributed by atoms with Crippen LogP contribution >= 0.6 is 0 Å². The van der Waals surface area contributed by atoms with Crippen molar-refractivity contribution in [1.29, 1.82) is 0 Å². The van der Waals surface area contributed by atoms with Gasteiger partial charge in [-0.3, -0.25) is 0 Å². The normalized spacial score (nSPS) is 28.3. The Morgan fingerprint density at radius 2 is 2.06 bits per heavy atom. The van der Waals surface area contributed by atoms with Gasteiger partial charge in [0, 0.05) is 5.41 Å². The Morgan fingerprint density at radius 3 is 2.75 bits per heavy atom. The first-order valence-corrected chi connectivity index (χ1v) is 6.12. The van der Waals surface area contributed by atoms with E-state index >= 15 is 0 Å². The van der Waals surface area contributed by atoms with E-state index in [0.29, 0.717) is 5.92 Å². The van der Waals surface area contributed by atoms with Crippen molar-refractivity contribution < 1.29 is 0 Å².